The van der Waals surface area contributed by atoms with E-state index in [1.54, 1.807) is 14.2 Å². The van der Waals surface area contributed by atoms with Crippen molar-refractivity contribution in [2.75, 3.05) is 14.2 Å². The Balaban J connectivity index is 2.05. The van der Waals surface area contributed by atoms with Crippen molar-refractivity contribution in [3.05, 3.63) is 59.7 Å². The van der Waals surface area contributed by atoms with E-state index in [4.69, 9.17) is 21.7 Å². The van der Waals surface area contributed by atoms with E-state index in [2.05, 4.69) is 10.6 Å². The molecule has 0 bridgehead atoms. The van der Waals surface area contributed by atoms with Crippen molar-refractivity contribution in [1.82, 2.24) is 10.6 Å². The predicted octanol–water partition coefficient (Wildman–Crippen LogP) is 2.87. The number of nitrogens with one attached hydrogen (secondary N) is 2. The van der Waals surface area contributed by atoms with Gasteiger partial charge in [-0.05, 0) is 35.5 Å². The Morgan fingerprint density at radius 3 is 2.50 bits per heavy atom. The molecule has 2 aromatic rings. The molecule has 22 heavy (non-hydrogen) atoms. The minimum Gasteiger partial charge on any atom is -0.493 e. The van der Waals surface area contributed by atoms with E-state index in [-0.39, 0.29) is 0 Å². The Kier molecular flexibility index (Phi) is 6.03. The van der Waals surface area contributed by atoms with Crippen molar-refractivity contribution < 1.29 is 9.47 Å². The molecule has 2 rings (SSSR count). The largest absolute Gasteiger partial charge is 0.493 e. The highest BCUT2D eigenvalue weighted by Gasteiger charge is 2.06. The maximum Gasteiger partial charge on any atom is 0.166 e. The first-order chi connectivity index (χ1) is 10.7. The molecule has 0 atom stereocenters. The van der Waals surface area contributed by atoms with Crippen LogP contribution in [0, 0.1) is 0 Å². The molecular formula is C17H20N2O2S. The van der Waals surface area contributed by atoms with Gasteiger partial charge in [-0.2, -0.15) is 0 Å². The van der Waals surface area contributed by atoms with E-state index in [0.29, 0.717) is 18.3 Å². The van der Waals surface area contributed by atoms with Gasteiger partial charge in [0.1, 0.15) is 6.61 Å². The zero-order valence-electron chi connectivity index (χ0n) is 12.8. The summed E-state index contributed by atoms with van der Waals surface area (Å²) in [6, 6.07) is 15.9. The fourth-order valence-electron chi connectivity index (χ4n) is 1.95. The summed E-state index contributed by atoms with van der Waals surface area (Å²) >= 11 is 5.07. The topological polar surface area (TPSA) is 42.5 Å². The SMILES string of the molecule is CNC(=S)NCc1ccc(OC)c(OCc2ccccc2)c1. The number of thiocarbonyl (C=S) groups is 1. The third-order valence-electron chi connectivity index (χ3n) is 3.15. The van der Waals surface area contributed by atoms with Crippen molar-refractivity contribution in [2.45, 2.75) is 13.2 Å². The lowest BCUT2D eigenvalue weighted by Gasteiger charge is -2.13. The first-order valence-electron chi connectivity index (χ1n) is 7.02. The molecule has 0 saturated heterocycles. The molecule has 4 nitrogen and oxygen atoms in total. The second-order valence-electron chi connectivity index (χ2n) is 4.69. The predicted molar refractivity (Wildman–Crippen MR) is 92.3 cm³/mol. The summed E-state index contributed by atoms with van der Waals surface area (Å²) in [7, 11) is 3.43. The molecule has 0 aliphatic rings. The number of methoxy groups -OCH3 is 1. The van der Waals surface area contributed by atoms with Gasteiger partial charge in [0, 0.05) is 13.6 Å². The second-order valence-corrected chi connectivity index (χ2v) is 5.10. The summed E-state index contributed by atoms with van der Waals surface area (Å²) in [4.78, 5) is 0. The highest BCUT2D eigenvalue weighted by Crippen LogP contribution is 2.28. The number of benzene rings is 2. The smallest absolute Gasteiger partial charge is 0.166 e. The van der Waals surface area contributed by atoms with Crippen molar-refractivity contribution >= 4 is 17.3 Å². The van der Waals surface area contributed by atoms with E-state index in [9.17, 15) is 0 Å². The lowest BCUT2D eigenvalue weighted by atomic mass is 10.2. The average molecular weight is 316 g/mol. The molecule has 5 heteroatoms. The second kappa shape index (κ2) is 8.24. The van der Waals surface area contributed by atoms with Crippen molar-refractivity contribution in [3.8, 4) is 11.5 Å². The Morgan fingerprint density at radius 2 is 1.82 bits per heavy atom. The van der Waals surface area contributed by atoms with Gasteiger partial charge in [-0.3, -0.25) is 0 Å². The summed E-state index contributed by atoms with van der Waals surface area (Å²) in [5, 5.41) is 6.61. The van der Waals surface area contributed by atoms with Gasteiger partial charge in [-0.25, -0.2) is 0 Å². The van der Waals surface area contributed by atoms with E-state index in [0.717, 1.165) is 22.6 Å². The summed E-state index contributed by atoms with van der Waals surface area (Å²) in [5.41, 5.74) is 2.19. The molecule has 0 amide bonds. The average Bonchev–Trinajstić information content (AvgIpc) is 2.58. The van der Waals surface area contributed by atoms with Crippen LogP contribution < -0.4 is 20.1 Å². The first-order valence-corrected chi connectivity index (χ1v) is 7.43. The van der Waals surface area contributed by atoms with Crippen LogP contribution >= 0.6 is 12.2 Å². The molecule has 0 aromatic heterocycles. The maximum absolute atomic E-state index is 5.89. The molecule has 2 N–H and O–H groups in total. The monoisotopic (exact) mass is 316 g/mol. The Hall–Kier alpha value is -2.27. The van der Waals surface area contributed by atoms with E-state index in [1.807, 2.05) is 48.5 Å². The van der Waals surface area contributed by atoms with Crippen LogP contribution in [-0.2, 0) is 13.2 Å². The minimum atomic E-state index is 0.503. The molecule has 0 saturated carbocycles. The van der Waals surface area contributed by atoms with Crippen molar-refractivity contribution in [2.24, 2.45) is 0 Å². The highest BCUT2D eigenvalue weighted by atomic mass is 32.1. The number of rotatable bonds is 6. The number of hydrogen-bond donors (Lipinski definition) is 2. The van der Waals surface area contributed by atoms with Crippen LogP contribution in [0.4, 0.5) is 0 Å². The molecule has 116 valence electrons. The normalized spacial score (nSPS) is 9.91. The Labute approximate surface area is 136 Å². The quantitative estimate of drug-likeness (QED) is 0.802. The lowest BCUT2D eigenvalue weighted by molar-refractivity contribution is 0.284. The van der Waals surface area contributed by atoms with Gasteiger partial charge in [-0.1, -0.05) is 36.4 Å². The lowest BCUT2D eigenvalue weighted by Crippen LogP contribution is -2.31. The fraction of sp³-hybridized carbons (Fsp3) is 0.235. The molecule has 0 aliphatic heterocycles. The van der Waals surface area contributed by atoms with Gasteiger partial charge in [0.2, 0.25) is 0 Å². The Morgan fingerprint density at radius 1 is 1.05 bits per heavy atom. The summed E-state index contributed by atoms with van der Waals surface area (Å²) in [6.07, 6.45) is 0. The van der Waals surface area contributed by atoms with Crippen LogP contribution in [0.15, 0.2) is 48.5 Å². The molecule has 0 heterocycles. The van der Waals surface area contributed by atoms with E-state index < -0.39 is 0 Å². The molecule has 0 fully saturated rings. The third kappa shape index (κ3) is 4.63. The van der Waals surface area contributed by atoms with Crippen LogP contribution in [0.1, 0.15) is 11.1 Å². The van der Waals surface area contributed by atoms with Gasteiger partial charge in [-0.15, -0.1) is 0 Å². The molecule has 0 aliphatic carbocycles. The van der Waals surface area contributed by atoms with Crippen molar-refractivity contribution in [1.29, 1.82) is 0 Å². The van der Waals surface area contributed by atoms with Gasteiger partial charge >= 0.3 is 0 Å². The van der Waals surface area contributed by atoms with Crippen LogP contribution in [0.25, 0.3) is 0 Å². The molecule has 0 unspecified atom stereocenters. The molecule has 0 radical (unpaired) electrons. The number of hydrogen-bond acceptors (Lipinski definition) is 3. The standard InChI is InChI=1S/C17H20N2O2S/c1-18-17(22)19-11-14-8-9-15(20-2)16(10-14)21-12-13-6-4-3-5-7-13/h3-10H,11-12H2,1-2H3,(H2,18,19,22). The van der Waals surface area contributed by atoms with Crippen LogP contribution in [-0.4, -0.2) is 19.3 Å². The van der Waals surface area contributed by atoms with Gasteiger partial charge < -0.3 is 20.1 Å². The zero-order chi connectivity index (χ0) is 15.8. The van der Waals surface area contributed by atoms with Crippen molar-refractivity contribution in [3.63, 3.8) is 0 Å². The zero-order valence-corrected chi connectivity index (χ0v) is 13.6. The minimum absolute atomic E-state index is 0.503. The van der Waals surface area contributed by atoms with Gasteiger partial charge in [0.25, 0.3) is 0 Å². The van der Waals surface area contributed by atoms with Gasteiger partial charge in [0.05, 0.1) is 7.11 Å². The summed E-state index contributed by atoms with van der Waals surface area (Å²) < 4.78 is 11.2. The maximum atomic E-state index is 5.89. The molecule has 0 spiro atoms. The number of ether oxygens (including phenoxy) is 2. The van der Waals surface area contributed by atoms with Crippen LogP contribution in [0.3, 0.4) is 0 Å². The van der Waals surface area contributed by atoms with Gasteiger partial charge in [0.15, 0.2) is 16.6 Å². The highest BCUT2D eigenvalue weighted by molar-refractivity contribution is 7.80. The first kappa shape index (κ1) is 16.1. The molecule has 2 aromatic carbocycles. The van der Waals surface area contributed by atoms with E-state index in [1.165, 1.54) is 0 Å². The fourth-order valence-corrected chi connectivity index (χ4v) is 2.02. The summed E-state index contributed by atoms with van der Waals surface area (Å²) in [5.74, 6) is 1.44. The van der Waals surface area contributed by atoms with E-state index >= 15 is 0 Å². The molecular weight excluding hydrogens is 296 g/mol. The third-order valence-corrected chi connectivity index (χ3v) is 3.49. The summed E-state index contributed by atoms with van der Waals surface area (Å²) in [6.45, 7) is 1.13. The van der Waals surface area contributed by atoms with Crippen LogP contribution in [0.2, 0.25) is 0 Å². The van der Waals surface area contributed by atoms with Crippen LogP contribution in [0.5, 0.6) is 11.5 Å². The Bertz CT molecular complexity index is 617.